The minimum atomic E-state index is -0.769. The molecule has 1 saturated heterocycles. The minimum absolute atomic E-state index is 0.109. The third-order valence-electron chi connectivity index (χ3n) is 4.92. The number of carbonyl (C=O) groups excluding carboxylic acids is 1. The number of carboxylic acids is 1. The lowest BCUT2D eigenvalue weighted by Gasteiger charge is -2.40. The van der Waals surface area contributed by atoms with Gasteiger partial charge in [-0.1, -0.05) is 6.42 Å². The summed E-state index contributed by atoms with van der Waals surface area (Å²) in [6.45, 7) is 4.44. The second-order valence-corrected chi connectivity index (χ2v) is 6.39. The van der Waals surface area contributed by atoms with Gasteiger partial charge in [0.05, 0.1) is 0 Å². The van der Waals surface area contributed by atoms with E-state index in [4.69, 9.17) is 5.11 Å². The lowest BCUT2D eigenvalue weighted by Crippen LogP contribution is -2.51. The fourth-order valence-electron chi connectivity index (χ4n) is 3.35. The first-order valence-corrected chi connectivity index (χ1v) is 8.39. The van der Waals surface area contributed by atoms with Crippen LogP contribution in [0.5, 0.6) is 0 Å². The first-order valence-electron chi connectivity index (χ1n) is 8.39. The normalized spacial score (nSPS) is 22.7. The molecular formula is C16H28N2O3. The summed E-state index contributed by atoms with van der Waals surface area (Å²) in [4.78, 5) is 27.5. The molecule has 1 heterocycles. The van der Waals surface area contributed by atoms with Crippen LogP contribution in [0, 0.1) is 5.92 Å². The smallest absolute Gasteiger partial charge is 0.320 e. The average molecular weight is 296 g/mol. The quantitative estimate of drug-likeness (QED) is 0.819. The van der Waals surface area contributed by atoms with Crippen LogP contribution >= 0.6 is 0 Å². The zero-order chi connectivity index (χ0) is 15.2. The monoisotopic (exact) mass is 296 g/mol. The van der Waals surface area contributed by atoms with Gasteiger partial charge in [-0.25, -0.2) is 4.79 Å². The van der Waals surface area contributed by atoms with E-state index in [9.17, 15) is 9.59 Å². The summed E-state index contributed by atoms with van der Waals surface area (Å²) in [7, 11) is 0. The molecule has 2 amide bonds. The Bertz CT molecular complexity index is 369. The van der Waals surface area contributed by atoms with E-state index < -0.39 is 5.97 Å². The van der Waals surface area contributed by atoms with Crippen LogP contribution in [0.15, 0.2) is 0 Å². The Hall–Kier alpha value is -1.26. The highest BCUT2D eigenvalue weighted by atomic mass is 16.4. The number of nitrogens with zero attached hydrogens (tertiary/aromatic N) is 2. The van der Waals surface area contributed by atoms with Crippen LogP contribution in [0.3, 0.4) is 0 Å². The molecule has 1 unspecified atom stereocenters. The summed E-state index contributed by atoms with van der Waals surface area (Å²) in [5.74, 6) is -0.0917. The molecule has 0 aromatic carbocycles. The van der Waals surface area contributed by atoms with Crippen LogP contribution in [0.2, 0.25) is 0 Å². The number of carbonyl (C=O) groups is 2. The van der Waals surface area contributed by atoms with E-state index in [0.29, 0.717) is 12.3 Å². The van der Waals surface area contributed by atoms with Crippen molar-refractivity contribution < 1.29 is 14.7 Å². The van der Waals surface area contributed by atoms with Gasteiger partial charge in [-0.3, -0.25) is 4.79 Å². The van der Waals surface area contributed by atoms with Crippen molar-refractivity contribution in [1.29, 1.82) is 0 Å². The number of piperidine rings is 1. The van der Waals surface area contributed by atoms with Gasteiger partial charge >= 0.3 is 12.0 Å². The predicted octanol–water partition coefficient (Wildman–Crippen LogP) is 2.95. The Labute approximate surface area is 127 Å². The molecule has 2 fully saturated rings. The Morgan fingerprint density at radius 3 is 2.52 bits per heavy atom. The number of amides is 2. The second kappa shape index (κ2) is 7.66. The molecule has 1 N–H and O–H groups in total. The van der Waals surface area contributed by atoms with Gasteiger partial charge in [-0.05, 0) is 51.4 Å². The molecule has 0 spiro atoms. The average Bonchev–Trinajstić information content (AvgIpc) is 2.44. The van der Waals surface area contributed by atoms with Gasteiger partial charge in [-0.15, -0.1) is 0 Å². The Morgan fingerprint density at radius 2 is 1.95 bits per heavy atom. The molecule has 1 aliphatic heterocycles. The number of hydrogen-bond donors (Lipinski definition) is 1. The first kappa shape index (κ1) is 16.1. The van der Waals surface area contributed by atoms with Crippen LogP contribution < -0.4 is 0 Å². The molecule has 1 atom stereocenters. The highest BCUT2D eigenvalue weighted by Gasteiger charge is 2.31. The molecular weight excluding hydrogens is 268 g/mol. The maximum absolute atomic E-state index is 12.8. The topological polar surface area (TPSA) is 60.9 Å². The van der Waals surface area contributed by atoms with E-state index in [1.807, 2.05) is 16.7 Å². The van der Waals surface area contributed by atoms with Crippen molar-refractivity contribution in [2.75, 3.05) is 19.6 Å². The van der Waals surface area contributed by atoms with E-state index in [1.54, 1.807) is 0 Å². The summed E-state index contributed by atoms with van der Waals surface area (Å²) in [5, 5.41) is 8.87. The van der Waals surface area contributed by atoms with E-state index in [-0.39, 0.29) is 18.5 Å². The first-order chi connectivity index (χ1) is 10.1. The van der Waals surface area contributed by atoms with Gasteiger partial charge < -0.3 is 14.9 Å². The van der Waals surface area contributed by atoms with Crippen molar-refractivity contribution in [1.82, 2.24) is 9.80 Å². The third-order valence-corrected chi connectivity index (χ3v) is 4.92. The van der Waals surface area contributed by atoms with Gasteiger partial charge in [-0.2, -0.15) is 0 Å². The van der Waals surface area contributed by atoms with E-state index >= 15 is 0 Å². The standard InChI is InChI=1S/C16H28N2O3/c1-2-17(12-13-6-5-7-13)16(21)18-11-4-3-8-14(18)9-10-15(19)20/h13-14H,2-12H2,1H3,(H,19,20). The van der Waals surface area contributed by atoms with Crippen molar-refractivity contribution in [2.45, 2.75) is 64.3 Å². The molecule has 0 aromatic heterocycles. The summed E-state index contributed by atoms with van der Waals surface area (Å²) in [6.07, 6.45) is 7.60. The lowest BCUT2D eigenvalue weighted by molar-refractivity contribution is -0.137. The highest BCUT2D eigenvalue weighted by molar-refractivity contribution is 5.75. The van der Waals surface area contributed by atoms with E-state index in [1.165, 1.54) is 19.3 Å². The maximum atomic E-state index is 12.8. The van der Waals surface area contributed by atoms with Crippen LogP contribution in [-0.4, -0.2) is 52.6 Å². The molecule has 1 aliphatic carbocycles. The molecule has 0 radical (unpaired) electrons. The molecule has 2 aliphatic rings. The Kier molecular flexibility index (Phi) is 5.88. The second-order valence-electron chi connectivity index (χ2n) is 6.39. The lowest BCUT2D eigenvalue weighted by atomic mass is 9.85. The fourth-order valence-corrected chi connectivity index (χ4v) is 3.35. The number of rotatable bonds is 6. The number of urea groups is 1. The summed E-state index contributed by atoms with van der Waals surface area (Å²) in [6, 6.07) is 0.234. The van der Waals surface area contributed by atoms with Gasteiger partial charge in [0.15, 0.2) is 0 Å². The van der Waals surface area contributed by atoms with Gasteiger partial charge in [0.25, 0.3) is 0 Å². The number of carboxylic acid groups (broad SMARTS) is 1. The van der Waals surface area contributed by atoms with Crippen molar-refractivity contribution in [3.63, 3.8) is 0 Å². The van der Waals surface area contributed by atoms with Crippen LogP contribution in [0.25, 0.3) is 0 Å². The molecule has 5 nitrogen and oxygen atoms in total. The minimum Gasteiger partial charge on any atom is -0.481 e. The zero-order valence-corrected chi connectivity index (χ0v) is 13.1. The third kappa shape index (κ3) is 4.35. The molecule has 21 heavy (non-hydrogen) atoms. The van der Waals surface area contributed by atoms with Crippen LogP contribution in [0.4, 0.5) is 4.79 Å². The van der Waals surface area contributed by atoms with Crippen LogP contribution in [-0.2, 0) is 4.79 Å². The molecule has 5 heteroatoms. The van der Waals surface area contributed by atoms with Gasteiger partial charge in [0.1, 0.15) is 0 Å². The molecule has 2 rings (SSSR count). The SMILES string of the molecule is CCN(CC1CCC1)C(=O)N1CCCCC1CCC(=O)O. The Morgan fingerprint density at radius 1 is 1.19 bits per heavy atom. The number of likely N-dealkylation sites (tertiary alicyclic amines) is 1. The van der Waals surface area contributed by atoms with Crippen molar-refractivity contribution in [3.05, 3.63) is 0 Å². The predicted molar refractivity (Wildman–Crippen MR) is 81.2 cm³/mol. The largest absolute Gasteiger partial charge is 0.481 e. The van der Waals surface area contributed by atoms with Crippen molar-refractivity contribution in [3.8, 4) is 0 Å². The van der Waals surface area contributed by atoms with E-state index in [0.717, 1.165) is 38.9 Å². The maximum Gasteiger partial charge on any atom is 0.320 e. The van der Waals surface area contributed by atoms with Gasteiger partial charge in [0.2, 0.25) is 0 Å². The number of hydrogen-bond acceptors (Lipinski definition) is 2. The molecule has 0 bridgehead atoms. The van der Waals surface area contributed by atoms with E-state index in [2.05, 4.69) is 0 Å². The summed E-state index contributed by atoms with van der Waals surface area (Å²) < 4.78 is 0. The zero-order valence-electron chi connectivity index (χ0n) is 13.1. The number of aliphatic carboxylic acids is 1. The molecule has 120 valence electrons. The summed E-state index contributed by atoms with van der Waals surface area (Å²) >= 11 is 0. The van der Waals surface area contributed by atoms with Crippen molar-refractivity contribution in [2.24, 2.45) is 5.92 Å². The highest BCUT2D eigenvalue weighted by Crippen LogP contribution is 2.28. The molecule has 1 saturated carbocycles. The molecule has 0 aromatic rings. The van der Waals surface area contributed by atoms with Crippen LogP contribution in [0.1, 0.15) is 58.3 Å². The Balaban J connectivity index is 1.93. The van der Waals surface area contributed by atoms with Gasteiger partial charge in [0, 0.05) is 32.1 Å². The van der Waals surface area contributed by atoms with Crippen molar-refractivity contribution >= 4 is 12.0 Å². The summed E-state index contributed by atoms with van der Waals surface area (Å²) in [5.41, 5.74) is 0. The fraction of sp³-hybridized carbons (Fsp3) is 0.875.